The van der Waals surface area contributed by atoms with Crippen LogP contribution in [0.5, 0.6) is 0 Å². The molecule has 1 N–H and O–H groups in total. The van der Waals surface area contributed by atoms with Crippen molar-refractivity contribution in [1.82, 2.24) is 9.55 Å². The molecule has 5 rings (SSSR count). The lowest BCUT2D eigenvalue weighted by Gasteiger charge is -2.18. The van der Waals surface area contributed by atoms with Crippen molar-refractivity contribution in [3.05, 3.63) is 144 Å². The molecule has 0 fully saturated rings. The summed E-state index contributed by atoms with van der Waals surface area (Å²) in [6.07, 6.45) is 20.9. The van der Waals surface area contributed by atoms with E-state index in [1.165, 1.54) is 36.0 Å². The van der Waals surface area contributed by atoms with Crippen molar-refractivity contribution < 1.29 is 9.52 Å². The molecule has 0 aliphatic heterocycles. The number of rotatable bonds is 10. The van der Waals surface area contributed by atoms with E-state index in [2.05, 4.69) is 98.4 Å². The van der Waals surface area contributed by atoms with E-state index in [1.54, 1.807) is 0 Å². The van der Waals surface area contributed by atoms with Crippen molar-refractivity contribution in [2.75, 3.05) is 0 Å². The Bertz CT molecular complexity index is 1480. The van der Waals surface area contributed by atoms with Crippen molar-refractivity contribution in [3.63, 3.8) is 0 Å². The first-order valence-corrected chi connectivity index (χ1v) is 14.6. The van der Waals surface area contributed by atoms with Gasteiger partial charge in [-0.25, -0.2) is 4.98 Å². The van der Waals surface area contributed by atoms with E-state index in [0.29, 0.717) is 0 Å². The zero-order chi connectivity index (χ0) is 29.0. The largest absolute Gasteiger partial charge is 0.511 e. The highest BCUT2D eigenvalue weighted by molar-refractivity contribution is 5.70. The topological polar surface area (TPSA) is 51.2 Å². The van der Waals surface area contributed by atoms with E-state index in [1.807, 2.05) is 42.0 Å². The number of hydrogen-bond donors (Lipinski definition) is 1. The van der Waals surface area contributed by atoms with Gasteiger partial charge in [0.1, 0.15) is 11.5 Å². The van der Waals surface area contributed by atoms with Crippen LogP contribution in [-0.4, -0.2) is 14.7 Å². The standard InChI is InChI=1S/C21H21NO.C16H21NO/c1-16-8-10-18(11-9-16)14-21(17(2)23)22-13-12-20(15-22)19-6-4-3-5-7-19;1-3-4-7-12-15-13(2)18-16(17-15)14-10-8-5-6-9-11-14/h3-13,15,21,23H,2,14H2,1H3;5-6,8,10-11H,3-4,7,9,12H2,1-2H3. The number of hydrogen-bond acceptors (Lipinski definition) is 3. The molecule has 1 atom stereocenters. The summed E-state index contributed by atoms with van der Waals surface area (Å²) in [5, 5.41) is 10.0. The highest BCUT2D eigenvalue weighted by Crippen LogP contribution is 2.26. The summed E-state index contributed by atoms with van der Waals surface area (Å²) in [6.45, 7) is 10.1. The van der Waals surface area contributed by atoms with E-state index in [9.17, 15) is 5.11 Å². The van der Waals surface area contributed by atoms with Crippen molar-refractivity contribution in [2.24, 2.45) is 0 Å². The van der Waals surface area contributed by atoms with Gasteiger partial charge in [-0.1, -0.05) is 111 Å². The molecule has 4 heteroatoms. The van der Waals surface area contributed by atoms with Gasteiger partial charge in [0.25, 0.3) is 0 Å². The number of aliphatic hydroxyl groups excluding tert-OH is 1. The van der Waals surface area contributed by atoms with E-state index >= 15 is 0 Å². The van der Waals surface area contributed by atoms with Crippen LogP contribution in [0.1, 0.15) is 67.1 Å². The predicted molar refractivity (Wildman–Crippen MR) is 171 cm³/mol. The molecule has 0 amide bonds. The number of unbranched alkanes of at least 4 members (excludes halogenated alkanes) is 2. The summed E-state index contributed by atoms with van der Waals surface area (Å²) < 4.78 is 7.81. The summed E-state index contributed by atoms with van der Waals surface area (Å²) in [7, 11) is 0. The van der Waals surface area contributed by atoms with Gasteiger partial charge in [0, 0.05) is 24.4 Å². The van der Waals surface area contributed by atoms with Crippen molar-refractivity contribution >= 4 is 5.57 Å². The molecule has 41 heavy (non-hydrogen) atoms. The van der Waals surface area contributed by atoms with E-state index < -0.39 is 0 Å². The lowest BCUT2D eigenvalue weighted by Crippen LogP contribution is -2.12. The van der Waals surface area contributed by atoms with Gasteiger partial charge in [0.05, 0.1) is 11.7 Å². The van der Waals surface area contributed by atoms with Gasteiger partial charge >= 0.3 is 0 Å². The average molecular weight is 547 g/mol. The smallest absolute Gasteiger partial charge is 0.226 e. The molecule has 2 heterocycles. The minimum absolute atomic E-state index is 0.157. The summed E-state index contributed by atoms with van der Waals surface area (Å²) >= 11 is 0. The zero-order valence-electron chi connectivity index (χ0n) is 24.6. The molecule has 1 aliphatic carbocycles. The molecular weight excluding hydrogens is 504 g/mol. The maximum atomic E-state index is 10.0. The molecular formula is C37H42N2O2. The Morgan fingerprint density at radius 1 is 1.00 bits per heavy atom. The van der Waals surface area contributed by atoms with Gasteiger partial charge in [0.2, 0.25) is 5.89 Å². The third kappa shape index (κ3) is 8.59. The minimum atomic E-state index is -0.157. The molecule has 2 aromatic carbocycles. The summed E-state index contributed by atoms with van der Waals surface area (Å²) in [5.41, 5.74) is 6.94. The van der Waals surface area contributed by atoms with Crippen molar-refractivity contribution in [2.45, 2.75) is 65.3 Å². The van der Waals surface area contributed by atoms with Crippen LogP contribution in [0.25, 0.3) is 16.7 Å². The summed E-state index contributed by atoms with van der Waals surface area (Å²) in [6, 6.07) is 20.6. The Hall–Kier alpha value is -4.31. The van der Waals surface area contributed by atoms with Crippen molar-refractivity contribution in [1.29, 1.82) is 0 Å². The minimum Gasteiger partial charge on any atom is -0.511 e. The van der Waals surface area contributed by atoms with Crippen LogP contribution in [0.4, 0.5) is 0 Å². The first-order chi connectivity index (χ1) is 19.9. The number of allylic oxidation sites excluding steroid dienone is 7. The maximum absolute atomic E-state index is 10.0. The molecule has 4 aromatic rings. The zero-order valence-corrected chi connectivity index (χ0v) is 24.6. The first kappa shape index (κ1) is 29.7. The molecule has 2 aromatic heterocycles. The third-order valence-corrected chi connectivity index (χ3v) is 7.27. The van der Waals surface area contributed by atoms with Gasteiger partial charge in [-0.05, 0) is 61.9 Å². The fourth-order valence-corrected chi connectivity index (χ4v) is 4.81. The highest BCUT2D eigenvalue weighted by Gasteiger charge is 2.16. The molecule has 0 radical (unpaired) electrons. The first-order valence-electron chi connectivity index (χ1n) is 14.6. The van der Waals surface area contributed by atoms with Crippen LogP contribution < -0.4 is 0 Å². The van der Waals surface area contributed by atoms with E-state index in [4.69, 9.17) is 4.42 Å². The van der Waals surface area contributed by atoms with E-state index in [-0.39, 0.29) is 11.8 Å². The number of aryl methyl sites for hydroxylation is 3. The van der Waals surface area contributed by atoms with Crippen LogP contribution in [0.2, 0.25) is 0 Å². The Labute approximate surface area is 245 Å². The lowest BCUT2D eigenvalue weighted by atomic mass is 10.0. The molecule has 0 bridgehead atoms. The third-order valence-electron chi connectivity index (χ3n) is 7.27. The van der Waals surface area contributed by atoms with Gasteiger partial charge in [-0.3, -0.25) is 0 Å². The number of nitrogens with zero attached hydrogens (tertiary/aromatic N) is 2. The van der Waals surface area contributed by atoms with E-state index in [0.717, 1.165) is 47.7 Å². The number of aliphatic hydroxyl groups is 1. The molecule has 4 nitrogen and oxygen atoms in total. The Morgan fingerprint density at radius 3 is 2.51 bits per heavy atom. The second-order valence-electron chi connectivity index (χ2n) is 10.6. The quantitative estimate of drug-likeness (QED) is 0.159. The van der Waals surface area contributed by atoms with Gasteiger partial charge in [-0.15, -0.1) is 0 Å². The Balaban J connectivity index is 0.000000195. The molecule has 1 aliphatic rings. The molecule has 1 unspecified atom stereocenters. The number of oxazole rings is 1. The average Bonchev–Trinajstić information content (AvgIpc) is 3.51. The predicted octanol–water partition coefficient (Wildman–Crippen LogP) is 9.93. The van der Waals surface area contributed by atoms with Crippen LogP contribution >= 0.6 is 0 Å². The maximum Gasteiger partial charge on any atom is 0.226 e. The highest BCUT2D eigenvalue weighted by atomic mass is 16.4. The van der Waals surface area contributed by atoms with Gasteiger partial charge in [-0.2, -0.15) is 0 Å². The molecule has 0 spiro atoms. The van der Waals surface area contributed by atoms with Gasteiger partial charge in [0.15, 0.2) is 0 Å². The number of aromatic nitrogens is 2. The van der Waals surface area contributed by atoms with Gasteiger partial charge < -0.3 is 14.1 Å². The second kappa shape index (κ2) is 14.9. The summed E-state index contributed by atoms with van der Waals surface area (Å²) in [4.78, 5) is 4.63. The monoisotopic (exact) mass is 546 g/mol. The SMILES string of the molecule is C=C(O)C(Cc1ccc(C)cc1)n1ccc(-c2ccccc2)c1.CCCCCc1nc(C2=CCC=CC=C2)oc1C. The fraction of sp³-hybridized carbons (Fsp3) is 0.270. The molecule has 0 saturated carbocycles. The van der Waals surface area contributed by atoms with Crippen LogP contribution in [0, 0.1) is 13.8 Å². The fourth-order valence-electron chi connectivity index (χ4n) is 4.81. The molecule has 0 saturated heterocycles. The second-order valence-corrected chi connectivity index (χ2v) is 10.6. The van der Waals surface area contributed by atoms with Crippen LogP contribution in [0.3, 0.4) is 0 Å². The summed E-state index contributed by atoms with van der Waals surface area (Å²) in [5.74, 6) is 1.91. The Kier molecular flexibility index (Phi) is 10.8. The molecule has 212 valence electrons. The number of benzene rings is 2. The van der Waals surface area contributed by atoms with Crippen LogP contribution in [0.15, 0.2) is 120 Å². The Morgan fingerprint density at radius 2 is 1.78 bits per heavy atom. The normalized spacial score (nSPS) is 13.2. The van der Waals surface area contributed by atoms with Crippen LogP contribution in [-0.2, 0) is 12.8 Å². The van der Waals surface area contributed by atoms with Crippen molar-refractivity contribution in [3.8, 4) is 11.1 Å². The lowest BCUT2D eigenvalue weighted by molar-refractivity contribution is 0.328.